The van der Waals surface area contributed by atoms with Gasteiger partial charge in [-0.2, -0.15) is 0 Å². The molecule has 6 heteroatoms. The Labute approximate surface area is 210 Å². The van der Waals surface area contributed by atoms with Crippen molar-refractivity contribution in [3.63, 3.8) is 0 Å². The summed E-state index contributed by atoms with van der Waals surface area (Å²) < 4.78 is 0. The Hall–Kier alpha value is -1.86. The quantitative estimate of drug-likeness (QED) is 0.357. The lowest BCUT2D eigenvalue weighted by atomic mass is 9.52. The van der Waals surface area contributed by atoms with Crippen LogP contribution in [0.5, 0.6) is 0 Å². The number of hydrogen-bond donors (Lipinski definition) is 6. The lowest BCUT2D eigenvalue weighted by Crippen LogP contribution is -2.64. The van der Waals surface area contributed by atoms with E-state index in [1.54, 1.807) is 6.08 Å². The van der Waals surface area contributed by atoms with Crippen LogP contribution in [-0.4, -0.2) is 46.7 Å². The van der Waals surface area contributed by atoms with E-state index in [9.17, 15) is 15.3 Å². The van der Waals surface area contributed by atoms with Gasteiger partial charge in [-0.3, -0.25) is 0 Å². The molecule has 5 rings (SSSR count). The van der Waals surface area contributed by atoms with Crippen molar-refractivity contribution in [2.24, 2.45) is 28.9 Å². The summed E-state index contributed by atoms with van der Waals surface area (Å²) in [7, 11) is 3.75. The number of rotatable bonds is 2. The van der Waals surface area contributed by atoms with Crippen molar-refractivity contribution in [2.75, 3.05) is 19.8 Å². The molecule has 0 heterocycles. The minimum Gasteiger partial charge on any atom is -0.405 e. The smallest absolute Gasteiger partial charge is 0.0972 e. The highest BCUT2D eigenvalue weighted by Gasteiger charge is 2.65. The standard InChI is InChI=1S/C27H38N2O3.C2H7N/c1-25-11-12-26(31)16-20-14-21(30)5-4-17(20)8-10-27(26,32)24(25)7-6-22(25)19-3-2-18(9-13-28)23(29)15-19;1-3-2/h2-3,6,9,13,15,17,20-21,24,30-32H,4-5,7-8,10-12,14,16,28-29H2,1H3;3H,1-2H3/b13-9-;/t17?,20?,21?,24?,25?,26?,27-;/m0./s1. The maximum absolute atomic E-state index is 12.2. The van der Waals surface area contributed by atoms with Gasteiger partial charge in [0.1, 0.15) is 0 Å². The van der Waals surface area contributed by atoms with Crippen LogP contribution in [0.2, 0.25) is 0 Å². The average molecular weight is 484 g/mol. The Morgan fingerprint density at radius 1 is 1.06 bits per heavy atom. The van der Waals surface area contributed by atoms with Crippen LogP contribution < -0.4 is 16.8 Å². The van der Waals surface area contributed by atoms with Crippen LogP contribution in [0.4, 0.5) is 5.69 Å². The Bertz CT molecular complexity index is 978. The maximum atomic E-state index is 12.2. The third-order valence-electron chi connectivity index (χ3n) is 9.66. The van der Waals surface area contributed by atoms with Crippen molar-refractivity contribution in [3.8, 4) is 0 Å². The lowest BCUT2D eigenvalue weighted by Gasteiger charge is -2.57. The molecule has 35 heavy (non-hydrogen) atoms. The number of benzene rings is 1. The monoisotopic (exact) mass is 483 g/mol. The van der Waals surface area contributed by atoms with E-state index in [4.69, 9.17) is 11.5 Å². The molecule has 1 aromatic carbocycles. The molecule has 0 radical (unpaired) electrons. The average Bonchev–Trinajstić information content (AvgIpc) is 3.11. The molecule has 6 unspecified atom stereocenters. The van der Waals surface area contributed by atoms with Gasteiger partial charge in [-0.25, -0.2) is 0 Å². The van der Waals surface area contributed by atoms with E-state index in [1.165, 1.54) is 11.8 Å². The molecule has 6 nitrogen and oxygen atoms in total. The first-order chi connectivity index (χ1) is 16.6. The molecule has 0 saturated heterocycles. The molecule has 0 aromatic heterocycles. The summed E-state index contributed by atoms with van der Waals surface area (Å²) in [6, 6.07) is 6.11. The fourth-order valence-corrected chi connectivity index (χ4v) is 7.86. The van der Waals surface area contributed by atoms with Gasteiger partial charge in [0, 0.05) is 11.6 Å². The van der Waals surface area contributed by atoms with E-state index in [1.807, 2.05) is 26.2 Å². The largest absolute Gasteiger partial charge is 0.405 e. The summed E-state index contributed by atoms with van der Waals surface area (Å²) in [5.74, 6) is 0.789. The van der Waals surface area contributed by atoms with Crippen LogP contribution in [0.15, 0.2) is 30.5 Å². The maximum Gasteiger partial charge on any atom is 0.0972 e. The van der Waals surface area contributed by atoms with Crippen LogP contribution in [0.25, 0.3) is 11.6 Å². The highest BCUT2D eigenvalue weighted by Crippen LogP contribution is 2.65. The van der Waals surface area contributed by atoms with E-state index in [-0.39, 0.29) is 17.4 Å². The van der Waals surface area contributed by atoms with Crippen molar-refractivity contribution in [3.05, 3.63) is 41.6 Å². The topological polar surface area (TPSA) is 125 Å². The molecular weight excluding hydrogens is 438 g/mol. The molecule has 0 spiro atoms. The van der Waals surface area contributed by atoms with Crippen molar-refractivity contribution < 1.29 is 15.3 Å². The summed E-state index contributed by atoms with van der Waals surface area (Å²) in [6.07, 6.45) is 12.3. The molecule has 194 valence electrons. The number of hydrogen-bond acceptors (Lipinski definition) is 6. The van der Waals surface area contributed by atoms with Gasteiger partial charge < -0.3 is 32.1 Å². The van der Waals surface area contributed by atoms with Crippen LogP contribution in [0.1, 0.15) is 75.8 Å². The third-order valence-corrected chi connectivity index (χ3v) is 9.66. The molecule has 0 amide bonds. The molecule has 8 N–H and O–H groups in total. The number of anilines is 1. The zero-order valence-electron chi connectivity index (χ0n) is 21.6. The van der Waals surface area contributed by atoms with Gasteiger partial charge in [-0.15, -0.1) is 0 Å². The molecule has 1 aromatic rings. The van der Waals surface area contributed by atoms with E-state index >= 15 is 0 Å². The fraction of sp³-hybridized carbons (Fsp3) is 0.655. The highest BCUT2D eigenvalue weighted by molar-refractivity contribution is 5.78. The van der Waals surface area contributed by atoms with Crippen LogP contribution >= 0.6 is 0 Å². The Balaban J connectivity index is 0.000000917. The zero-order chi connectivity index (χ0) is 25.4. The molecule has 0 bridgehead atoms. The summed E-state index contributed by atoms with van der Waals surface area (Å²) in [5, 5.41) is 37.1. The van der Waals surface area contributed by atoms with Gasteiger partial charge in [0.2, 0.25) is 0 Å². The second kappa shape index (κ2) is 9.89. The summed E-state index contributed by atoms with van der Waals surface area (Å²) in [5.41, 5.74) is 13.4. The third kappa shape index (κ3) is 4.43. The van der Waals surface area contributed by atoms with Crippen LogP contribution in [0.3, 0.4) is 0 Å². The number of nitrogens with one attached hydrogen (secondary N) is 1. The predicted molar refractivity (Wildman–Crippen MR) is 143 cm³/mol. The molecule has 7 atom stereocenters. The Morgan fingerprint density at radius 2 is 1.80 bits per heavy atom. The normalized spacial score (nSPS) is 40.6. The Kier molecular flexibility index (Phi) is 7.41. The highest BCUT2D eigenvalue weighted by atomic mass is 16.4. The van der Waals surface area contributed by atoms with Crippen molar-refractivity contribution in [1.82, 2.24) is 5.32 Å². The molecule has 3 saturated carbocycles. The van der Waals surface area contributed by atoms with Crippen LogP contribution in [0, 0.1) is 23.2 Å². The van der Waals surface area contributed by atoms with Gasteiger partial charge in [0.25, 0.3) is 0 Å². The van der Waals surface area contributed by atoms with Gasteiger partial charge in [-0.1, -0.05) is 25.1 Å². The first kappa shape index (κ1) is 26.2. The van der Waals surface area contributed by atoms with Gasteiger partial charge in [-0.05, 0) is 124 Å². The fourth-order valence-electron chi connectivity index (χ4n) is 7.86. The molecule has 4 aliphatic carbocycles. The van der Waals surface area contributed by atoms with E-state index in [2.05, 4.69) is 24.4 Å². The first-order valence-corrected chi connectivity index (χ1v) is 13.3. The molecule has 0 aliphatic heterocycles. The number of fused-ring (bicyclic) bond motifs is 4. The van der Waals surface area contributed by atoms with Gasteiger partial charge in [0.15, 0.2) is 0 Å². The Morgan fingerprint density at radius 3 is 2.49 bits per heavy atom. The molecule has 4 aliphatic rings. The number of aliphatic hydroxyl groups excluding tert-OH is 1. The van der Waals surface area contributed by atoms with Crippen molar-refractivity contribution in [1.29, 1.82) is 0 Å². The SMILES string of the molecule is CC12CCC3(O)CC4CC(O)CCC4CC[C@]3(O)C1CC=C2c1ccc(/C=C\N)c(N)c1.CNC. The molecular formula is C29H45N3O3. The minimum absolute atomic E-state index is 0.0151. The van der Waals surface area contributed by atoms with Crippen molar-refractivity contribution >= 4 is 17.3 Å². The van der Waals surface area contributed by atoms with Gasteiger partial charge >= 0.3 is 0 Å². The van der Waals surface area contributed by atoms with E-state index in [0.29, 0.717) is 36.8 Å². The number of nitrogens with two attached hydrogens (primary N) is 2. The predicted octanol–water partition coefficient (Wildman–Crippen LogP) is 3.66. The van der Waals surface area contributed by atoms with Gasteiger partial charge in [0.05, 0.1) is 17.3 Å². The molecule has 3 fully saturated rings. The number of nitrogen functional groups attached to an aromatic ring is 1. The number of aliphatic hydroxyl groups is 3. The summed E-state index contributed by atoms with van der Waals surface area (Å²) in [6.45, 7) is 2.26. The van der Waals surface area contributed by atoms with E-state index < -0.39 is 11.2 Å². The van der Waals surface area contributed by atoms with Crippen LogP contribution in [-0.2, 0) is 0 Å². The second-order valence-corrected chi connectivity index (χ2v) is 11.7. The van der Waals surface area contributed by atoms with E-state index in [0.717, 1.165) is 49.7 Å². The summed E-state index contributed by atoms with van der Waals surface area (Å²) >= 11 is 0. The minimum atomic E-state index is -1.10. The van der Waals surface area contributed by atoms with Crippen molar-refractivity contribution in [2.45, 2.75) is 82.0 Å². The second-order valence-electron chi connectivity index (χ2n) is 11.7. The first-order valence-electron chi connectivity index (χ1n) is 13.3. The zero-order valence-corrected chi connectivity index (χ0v) is 21.6. The number of allylic oxidation sites excluding steroid dienone is 2. The lowest BCUT2D eigenvalue weighted by molar-refractivity contribution is -0.228. The summed E-state index contributed by atoms with van der Waals surface area (Å²) in [4.78, 5) is 0.